The molecular weight excluding hydrogens is 449 g/mol. The van der Waals surface area contributed by atoms with Gasteiger partial charge in [0, 0.05) is 0 Å². The van der Waals surface area contributed by atoms with Crippen LogP contribution >= 0.6 is 0 Å². The quantitative estimate of drug-likeness (QED) is 0.361. The molecule has 0 aliphatic rings. The summed E-state index contributed by atoms with van der Waals surface area (Å²) in [5, 5.41) is 4.66. The second-order valence-corrected chi connectivity index (χ2v) is 11.2. The van der Waals surface area contributed by atoms with E-state index in [0.29, 0.717) is 0 Å². The molecule has 0 atom stereocenters. The summed E-state index contributed by atoms with van der Waals surface area (Å²) < 4.78 is 1.32. The van der Waals surface area contributed by atoms with Crippen molar-refractivity contribution in [3.63, 3.8) is 0 Å². The fourth-order valence-electron chi connectivity index (χ4n) is 2.73. The van der Waals surface area contributed by atoms with Gasteiger partial charge in [0.15, 0.2) is 0 Å². The van der Waals surface area contributed by atoms with Crippen LogP contribution in [0.15, 0.2) is 30.3 Å². The van der Waals surface area contributed by atoms with Crippen molar-refractivity contribution in [3.05, 3.63) is 30.3 Å². The molecule has 0 saturated heterocycles. The second-order valence-electron chi connectivity index (χ2n) is 7.12. The summed E-state index contributed by atoms with van der Waals surface area (Å²) >= 11 is 1.68. The van der Waals surface area contributed by atoms with E-state index in [1.165, 1.54) is 3.87 Å². The SMILES string of the molecule is CC(C)[CH2][Al]([CH2]C(C)C)[CH2]C(C)C.O.[Cl-].[Cl-].[Cl-].[Cl-].[Ti+4][c]1ccccc1. The van der Waals surface area contributed by atoms with Crippen LogP contribution in [0.2, 0.25) is 15.8 Å². The van der Waals surface area contributed by atoms with Gasteiger partial charge in [-0.3, -0.25) is 0 Å². The number of hydrogen-bond acceptors (Lipinski definition) is 0. The van der Waals surface area contributed by atoms with Gasteiger partial charge in [-0.15, -0.1) is 0 Å². The standard InChI is InChI=1S/C6H5.3C4H9.Al.4ClH.H2O.Ti/c1-2-4-6-5-3-1;3*1-4(2)3;;;;;;;/h1-5H;3*4H,1H2,2-3H3;;4*1H;1H2;/q;;;;;;;;;;+4/p-4. The van der Waals surface area contributed by atoms with Crippen LogP contribution in [0, 0.1) is 17.8 Å². The van der Waals surface area contributed by atoms with E-state index in [1.807, 2.05) is 18.2 Å². The molecule has 0 aromatic heterocycles. The summed E-state index contributed by atoms with van der Waals surface area (Å²) in [6, 6.07) is 10.3. The predicted octanol–water partition coefficient (Wildman–Crippen LogP) is -7.50. The van der Waals surface area contributed by atoms with Gasteiger partial charge in [-0.2, -0.15) is 0 Å². The van der Waals surface area contributed by atoms with Crippen molar-refractivity contribution in [1.29, 1.82) is 0 Å². The molecule has 7 heteroatoms. The van der Waals surface area contributed by atoms with Gasteiger partial charge in [-0.1, -0.05) is 75.1 Å². The van der Waals surface area contributed by atoms with Gasteiger partial charge in [0.05, 0.1) is 0 Å². The van der Waals surface area contributed by atoms with Gasteiger partial charge in [-0.05, 0) is 0 Å². The van der Waals surface area contributed by atoms with E-state index in [9.17, 15) is 0 Å². The molecule has 0 heterocycles. The molecule has 2 N–H and O–H groups in total. The molecule has 1 aromatic rings. The number of hydrogen-bond donors (Lipinski definition) is 0. The van der Waals surface area contributed by atoms with Crippen LogP contribution < -0.4 is 53.5 Å². The van der Waals surface area contributed by atoms with Crippen LogP contribution in [0.4, 0.5) is 0 Å². The minimum absolute atomic E-state index is 0. The van der Waals surface area contributed by atoms with Crippen LogP contribution in [-0.4, -0.2) is 19.6 Å². The third-order valence-corrected chi connectivity index (χ3v) is 8.54. The molecule has 0 bridgehead atoms. The van der Waals surface area contributed by atoms with Gasteiger partial charge in [-0.25, -0.2) is 0 Å². The zero-order valence-electron chi connectivity index (χ0n) is 16.3. The van der Waals surface area contributed by atoms with Crippen LogP contribution in [0.25, 0.3) is 0 Å². The van der Waals surface area contributed by atoms with E-state index in [2.05, 4.69) is 74.1 Å². The Balaban J connectivity index is -0.0000000660. The number of rotatable bonds is 6. The monoisotopic (exact) mass is 481 g/mol. The molecule has 0 unspecified atom stereocenters. The molecule has 0 fully saturated rings. The van der Waals surface area contributed by atoms with Crippen LogP contribution in [-0.2, 0) is 20.4 Å². The Hall–Kier alpha value is 1.59. The summed E-state index contributed by atoms with van der Waals surface area (Å²) in [7, 11) is 0. The van der Waals surface area contributed by atoms with Crippen molar-refractivity contribution in [2.45, 2.75) is 57.4 Å². The molecule has 0 aliphatic carbocycles. The van der Waals surface area contributed by atoms with Gasteiger partial charge in [0.1, 0.15) is 0 Å². The molecule has 0 saturated carbocycles. The first-order valence-electron chi connectivity index (χ1n) is 8.07. The molecule has 1 rings (SSSR count). The normalized spacial score (nSPS) is 8.60. The van der Waals surface area contributed by atoms with Gasteiger partial charge in [0.25, 0.3) is 14.1 Å². The van der Waals surface area contributed by atoms with E-state index < -0.39 is 14.1 Å². The molecule has 0 aliphatic heterocycles. The minimum atomic E-state index is -0.407. The molecular formula is C18H34AlCl4OTi. The van der Waals surface area contributed by atoms with Crippen LogP contribution in [0.5, 0.6) is 0 Å². The summed E-state index contributed by atoms with van der Waals surface area (Å²) in [6.45, 7) is 14.3. The molecule has 1 aromatic carbocycles. The van der Waals surface area contributed by atoms with E-state index in [-0.39, 0.29) is 55.1 Å². The fraction of sp³-hybridized carbons (Fsp3) is 0.667. The van der Waals surface area contributed by atoms with Crippen molar-refractivity contribution in [2.24, 2.45) is 17.8 Å². The maximum atomic E-state index is 2.38. The van der Waals surface area contributed by atoms with Crippen molar-refractivity contribution in [2.75, 3.05) is 0 Å². The van der Waals surface area contributed by atoms with Crippen molar-refractivity contribution >= 4 is 18.0 Å². The van der Waals surface area contributed by atoms with E-state index in [4.69, 9.17) is 0 Å². The van der Waals surface area contributed by atoms with E-state index >= 15 is 0 Å². The van der Waals surface area contributed by atoms with Crippen LogP contribution in [0.1, 0.15) is 41.5 Å². The topological polar surface area (TPSA) is 31.5 Å². The average Bonchev–Trinajstić information content (AvgIpc) is 2.27. The molecule has 0 amide bonds. The van der Waals surface area contributed by atoms with Crippen molar-refractivity contribution in [3.8, 4) is 0 Å². The summed E-state index contributed by atoms with van der Waals surface area (Å²) in [6.07, 6.45) is 0. The van der Waals surface area contributed by atoms with Crippen LogP contribution in [0.3, 0.4) is 0 Å². The van der Waals surface area contributed by atoms with Gasteiger partial charge >= 0.3 is 54.6 Å². The number of halogens is 4. The second kappa shape index (κ2) is 25.6. The first-order valence-corrected chi connectivity index (χ1v) is 11.3. The Labute approximate surface area is 197 Å². The molecule has 0 spiro atoms. The predicted molar refractivity (Wildman–Crippen MR) is 94.4 cm³/mol. The Morgan fingerprint density at radius 2 is 0.960 bits per heavy atom. The summed E-state index contributed by atoms with van der Waals surface area (Å²) in [4.78, 5) is 0. The molecule has 147 valence electrons. The summed E-state index contributed by atoms with van der Waals surface area (Å²) in [5.74, 6) is 2.78. The first-order chi connectivity index (χ1) is 9.31. The molecule has 0 radical (unpaired) electrons. The fourth-order valence-corrected chi connectivity index (χ4v) is 7.60. The van der Waals surface area contributed by atoms with Gasteiger partial charge < -0.3 is 55.1 Å². The van der Waals surface area contributed by atoms with Crippen molar-refractivity contribution < 1.29 is 75.5 Å². The maximum absolute atomic E-state index is 2.38. The third-order valence-electron chi connectivity index (χ3n) is 3.19. The summed E-state index contributed by atoms with van der Waals surface area (Å²) in [5.41, 5.74) is 0. The Morgan fingerprint density at radius 1 is 0.680 bits per heavy atom. The number of benzene rings is 1. The zero-order valence-corrected chi connectivity index (χ0v) is 22.1. The average molecular weight is 483 g/mol. The van der Waals surface area contributed by atoms with E-state index in [0.717, 1.165) is 17.8 Å². The van der Waals surface area contributed by atoms with Gasteiger partial charge in [0.2, 0.25) is 0 Å². The molecule has 1 nitrogen and oxygen atoms in total. The third kappa shape index (κ3) is 30.5. The Kier molecular flexibility index (Phi) is 42.0. The van der Waals surface area contributed by atoms with E-state index in [1.54, 1.807) is 15.8 Å². The Morgan fingerprint density at radius 3 is 1.12 bits per heavy atom. The van der Waals surface area contributed by atoms with Crippen molar-refractivity contribution in [1.82, 2.24) is 0 Å². The Bertz CT molecular complexity index is 317. The zero-order chi connectivity index (χ0) is 15.5. The molecule has 25 heavy (non-hydrogen) atoms. The first kappa shape index (κ1) is 41.1.